The first-order valence-corrected chi connectivity index (χ1v) is 9.10. The van der Waals surface area contributed by atoms with E-state index in [0.29, 0.717) is 44.9 Å². The summed E-state index contributed by atoms with van der Waals surface area (Å²) in [5.74, 6) is 0. The molecule has 2 aromatic rings. The first-order valence-electron chi connectivity index (χ1n) is 7.66. The molecule has 1 atom stereocenters. The quantitative estimate of drug-likeness (QED) is 0.831. The largest absolute Gasteiger partial charge is 0.379 e. The highest BCUT2D eigenvalue weighted by Gasteiger charge is 2.49. The van der Waals surface area contributed by atoms with Gasteiger partial charge in [-0.2, -0.15) is 4.31 Å². The molecule has 2 aliphatic rings. The lowest BCUT2D eigenvalue weighted by atomic mass is 9.99. The van der Waals surface area contributed by atoms with Crippen molar-refractivity contribution in [1.82, 2.24) is 9.29 Å². The minimum Gasteiger partial charge on any atom is -0.379 e. The van der Waals surface area contributed by atoms with E-state index in [2.05, 4.69) is 4.98 Å². The van der Waals surface area contributed by atoms with Gasteiger partial charge < -0.3 is 9.47 Å². The summed E-state index contributed by atoms with van der Waals surface area (Å²) >= 11 is 0. The van der Waals surface area contributed by atoms with Crippen molar-refractivity contribution in [3.8, 4) is 0 Å². The molecule has 6 nitrogen and oxygen atoms in total. The number of para-hydroxylation sites is 1. The number of rotatable bonds is 2. The van der Waals surface area contributed by atoms with Crippen LogP contribution in [0.2, 0.25) is 0 Å². The fourth-order valence-electron chi connectivity index (χ4n) is 3.40. The number of sulfonamides is 1. The van der Waals surface area contributed by atoms with Crippen molar-refractivity contribution in [2.75, 3.05) is 33.0 Å². The number of ether oxygens (including phenoxy) is 2. The third kappa shape index (κ3) is 2.35. The molecule has 1 spiro atoms. The normalized spacial score (nSPS) is 26.1. The molecule has 23 heavy (non-hydrogen) atoms. The number of morpholine rings is 1. The van der Waals surface area contributed by atoms with Crippen molar-refractivity contribution >= 4 is 20.9 Å². The molecule has 7 heteroatoms. The van der Waals surface area contributed by atoms with E-state index in [1.54, 1.807) is 28.7 Å². The van der Waals surface area contributed by atoms with Crippen LogP contribution in [-0.4, -0.2) is 56.2 Å². The van der Waals surface area contributed by atoms with Gasteiger partial charge in [0, 0.05) is 24.7 Å². The standard InChI is InChI=1S/C16H18N2O4S/c19-23(20,14-5-1-3-13-4-2-7-17-15(13)14)18-8-10-22-12-16(18)6-9-21-11-16/h1-5,7H,6,8-12H2. The van der Waals surface area contributed by atoms with Gasteiger partial charge in [-0.3, -0.25) is 4.98 Å². The van der Waals surface area contributed by atoms with Crippen LogP contribution >= 0.6 is 0 Å². The van der Waals surface area contributed by atoms with Gasteiger partial charge in [0.1, 0.15) is 4.90 Å². The summed E-state index contributed by atoms with van der Waals surface area (Å²) in [6.45, 7) is 2.06. The van der Waals surface area contributed by atoms with Crippen LogP contribution in [0.25, 0.3) is 10.9 Å². The topological polar surface area (TPSA) is 68.7 Å². The molecule has 0 aliphatic carbocycles. The number of benzene rings is 1. The van der Waals surface area contributed by atoms with Crippen molar-refractivity contribution in [3.63, 3.8) is 0 Å². The van der Waals surface area contributed by atoms with E-state index >= 15 is 0 Å². The van der Waals surface area contributed by atoms with Crippen LogP contribution in [0, 0.1) is 0 Å². The van der Waals surface area contributed by atoms with Crippen LogP contribution in [0.1, 0.15) is 6.42 Å². The lowest BCUT2D eigenvalue weighted by Crippen LogP contribution is -2.59. The van der Waals surface area contributed by atoms with E-state index in [4.69, 9.17) is 9.47 Å². The van der Waals surface area contributed by atoms with E-state index in [0.717, 1.165) is 5.39 Å². The lowest BCUT2D eigenvalue weighted by molar-refractivity contribution is -0.0292. The Hall–Kier alpha value is -1.54. The first kappa shape index (κ1) is 15.0. The Labute approximate surface area is 135 Å². The molecule has 2 saturated heterocycles. The molecular weight excluding hydrogens is 316 g/mol. The number of fused-ring (bicyclic) bond motifs is 1. The Morgan fingerprint density at radius 1 is 1.09 bits per heavy atom. The zero-order valence-electron chi connectivity index (χ0n) is 12.6. The summed E-state index contributed by atoms with van der Waals surface area (Å²) in [6.07, 6.45) is 2.28. The maximum absolute atomic E-state index is 13.3. The molecule has 0 saturated carbocycles. The molecule has 0 amide bonds. The van der Waals surface area contributed by atoms with Crippen molar-refractivity contribution < 1.29 is 17.9 Å². The Morgan fingerprint density at radius 2 is 1.87 bits per heavy atom. The fourth-order valence-corrected chi connectivity index (χ4v) is 5.33. The third-order valence-electron chi connectivity index (χ3n) is 4.58. The zero-order chi connectivity index (χ0) is 15.9. The Balaban J connectivity index is 1.85. The maximum Gasteiger partial charge on any atom is 0.245 e. The summed E-state index contributed by atoms with van der Waals surface area (Å²) in [6, 6.07) is 8.93. The smallest absolute Gasteiger partial charge is 0.245 e. The summed E-state index contributed by atoms with van der Waals surface area (Å²) in [7, 11) is -3.67. The molecule has 4 rings (SSSR count). The Kier molecular flexibility index (Phi) is 3.60. The molecule has 2 fully saturated rings. The van der Waals surface area contributed by atoms with Crippen LogP contribution in [-0.2, 0) is 19.5 Å². The number of pyridine rings is 1. The van der Waals surface area contributed by atoms with Crippen molar-refractivity contribution in [2.24, 2.45) is 0 Å². The number of aromatic nitrogens is 1. The molecular formula is C16H18N2O4S. The predicted octanol–water partition coefficient (Wildman–Crippen LogP) is 1.41. The van der Waals surface area contributed by atoms with E-state index in [9.17, 15) is 8.42 Å². The number of hydrogen-bond donors (Lipinski definition) is 0. The van der Waals surface area contributed by atoms with Gasteiger partial charge in [-0.05, 0) is 18.6 Å². The van der Waals surface area contributed by atoms with Crippen LogP contribution in [0.4, 0.5) is 0 Å². The summed E-state index contributed by atoms with van der Waals surface area (Å²) in [5, 5.41) is 0.818. The van der Waals surface area contributed by atoms with Crippen molar-refractivity contribution in [3.05, 3.63) is 36.5 Å². The molecule has 0 N–H and O–H groups in total. The third-order valence-corrected chi connectivity index (χ3v) is 6.62. The molecule has 1 aromatic carbocycles. The first-order chi connectivity index (χ1) is 11.1. The van der Waals surface area contributed by atoms with Gasteiger partial charge in [-0.15, -0.1) is 0 Å². The predicted molar refractivity (Wildman–Crippen MR) is 84.6 cm³/mol. The summed E-state index contributed by atoms with van der Waals surface area (Å²) < 4.78 is 39.3. The molecule has 0 bridgehead atoms. The summed E-state index contributed by atoms with van der Waals surface area (Å²) in [4.78, 5) is 4.54. The second-order valence-corrected chi connectivity index (χ2v) is 7.82. The van der Waals surface area contributed by atoms with Gasteiger partial charge in [-0.1, -0.05) is 18.2 Å². The van der Waals surface area contributed by atoms with Crippen LogP contribution in [0.5, 0.6) is 0 Å². The van der Waals surface area contributed by atoms with Gasteiger partial charge in [0.25, 0.3) is 0 Å². The minimum atomic E-state index is -3.67. The van der Waals surface area contributed by atoms with Crippen molar-refractivity contribution in [2.45, 2.75) is 16.9 Å². The zero-order valence-corrected chi connectivity index (χ0v) is 13.5. The average molecular weight is 334 g/mol. The van der Waals surface area contributed by atoms with Gasteiger partial charge >= 0.3 is 0 Å². The lowest BCUT2D eigenvalue weighted by Gasteiger charge is -2.42. The fraction of sp³-hybridized carbons (Fsp3) is 0.438. The van der Waals surface area contributed by atoms with Gasteiger partial charge in [0.05, 0.1) is 30.9 Å². The molecule has 3 heterocycles. The van der Waals surface area contributed by atoms with Gasteiger partial charge in [-0.25, -0.2) is 8.42 Å². The number of nitrogens with zero attached hydrogens (tertiary/aromatic N) is 2. The van der Waals surface area contributed by atoms with E-state index in [1.807, 2.05) is 12.1 Å². The van der Waals surface area contributed by atoms with E-state index < -0.39 is 15.6 Å². The molecule has 1 aromatic heterocycles. The van der Waals surface area contributed by atoms with Crippen LogP contribution in [0.15, 0.2) is 41.4 Å². The van der Waals surface area contributed by atoms with Gasteiger partial charge in [0.15, 0.2) is 0 Å². The van der Waals surface area contributed by atoms with Crippen molar-refractivity contribution in [1.29, 1.82) is 0 Å². The highest BCUT2D eigenvalue weighted by atomic mass is 32.2. The second kappa shape index (κ2) is 5.52. The SMILES string of the molecule is O=S(=O)(c1cccc2cccnc12)N1CCOCC12CCOC2. The molecule has 122 valence electrons. The minimum absolute atomic E-state index is 0.253. The second-order valence-electron chi connectivity index (χ2n) is 5.99. The average Bonchev–Trinajstić information content (AvgIpc) is 3.03. The van der Waals surface area contributed by atoms with Crippen LogP contribution < -0.4 is 0 Å². The maximum atomic E-state index is 13.3. The Morgan fingerprint density at radius 3 is 2.65 bits per heavy atom. The molecule has 1 unspecified atom stereocenters. The van der Waals surface area contributed by atoms with Crippen LogP contribution in [0.3, 0.4) is 0 Å². The molecule has 2 aliphatic heterocycles. The Bertz CT molecular complexity index is 826. The van der Waals surface area contributed by atoms with E-state index in [-0.39, 0.29) is 4.90 Å². The monoisotopic (exact) mass is 334 g/mol. The van der Waals surface area contributed by atoms with E-state index in [1.165, 1.54) is 0 Å². The summed E-state index contributed by atoms with van der Waals surface area (Å²) in [5.41, 5.74) is -0.0795. The highest BCUT2D eigenvalue weighted by Crippen LogP contribution is 2.35. The molecule has 0 radical (unpaired) electrons. The number of hydrogen-bond acceptors (Lipinski definition) is 5. The highest BCUT2D eigenvalue weighted by molar-refractivity contribution is 7.89. The van der Waals surface area contributed by atoms with Gasteiger partial charge in [0.2, 0.25) is 10.0 Å².